The standard InChI is InChI=1S/C20H26N3OP/c21-25(24)22(15-17-9-3-1-4-10-17)19-13-7-8-14-20(19)23(25)16-18-11-5-2-6-12-18/h1-6,9-12,19-20H,7-8,13-16H2,(H2,21,24). The molecule has 0 spiro atoms. The normalized spacial score (nSPS) is 30.3. The lowest BCUT2D eigenvalue weighted by Crippen LogP contribution is -2.39. The van der Waals surface area contributed by atoms with E-state index in [4.69, 9.17) is 5.50 Å². The summed E-state index contributed by atoms with van der Waals surface area (Å²) in [7, 11) is -3.03. The summed E-state index contributed by atoms with van der Waals surface area (Å²) < 4.78 is 17.9. The van der Waals surface area contributed by atoms with Crippen LogP contribution in [0.25, 0.3) is 0 Å². The van der Waals surface area contributed by atoms with Gasteiger partial charge in [0.25, 0.3) is 7.59 Å². The maximum absolute atomic E-state index is 13.7. The van der Waals surface area contributed by atoms with Crippen molar-refractivity contribution in [2.24, 2.45) is 5.50 Å². The zero-order valence-electron chi connectivity index (χ0n) is 14.5. The highest BCUT2D eigenvalue weighted by atomic mass is 31.2. The maximum Gasteiger partial charge on any atom is 0.282 e. The number of hydrogen-bond donors (Lipinski definition) is 1. The topological polar surface area (TPSA) is 49.6 Å². The molecule has 25 heavy (non-hydrogen) atoms. The monoisotopic (exact) mass is 355 g/mol. The second-order valence-electron chi connectivity index (χ2n) is 7.17. The van der Waals surface area contributed by atoms with Crippen molar-refractivity contribution in [1.82, 2.24) is 9.34 Å². The second kappa shape index (κ2) is 7.05. The van der Waals surface area contributed by atoms with Gasteiger partial charge in [0.15, 0.2) is 0 Å². The zero-order valence-corrected chi connectivity index (χ0v) is 15.4. The van der Waals surface area contributed by atoms with E-state index in [-0.39, 0.29) is 0 Å². The van der Waals surface area contributed by atoms with Crippen LogP contribution in [0.5, 0.6) is 0 Å². The van der Waals surface area contributed by atoms with Crippen LogP contribution in [0.15, 0.2) is 60.7 Å². The molecule has 1 heterocycles. The fourth-order valence-electron chi connectivity index (χ4n) is 4.34. The Morgan fingerprint density at radius 1 is 0.800 bits per heavy atom. The molecule has 1 saturated carbocycles. The zero-order chi connectivity index (χ0) is 17.3. The molecule has 2 fully saturated rings. The predicted octanol–water partition coefficient (Wildman–Crippen LogP) is 4.38. The number of benzene rings is 2. The van der Waals surface area contributed by atoms with Gasteiger partial charge >= 0.3 is 0 Å². The van der Waals surface area contributed by atoms with Gasteiger partial charge in [0.1, 0.15) is 0 Å². The lowest BCUT2D eigenvalue weighted by Gasteiger charge is -2.31. The first-order chi connectivity index (χ1) is 12.2. The summed E-state index contributed by atoms with van der Waals surface area (Å²) in [5.74, 6) is 0. The molecule has 4 nitrogen and oxygen atoms in total. The lowest BCUT2D eigenvalue weighted by molar-refractivity contribution is 0.197. The summed E-state index contributed by atoms with van der Waals surface area (Å²) in [6, 6.07) is 21.1. The Hall–Kier alpha value is -1.45. The molecule has 0 aromatic heterocycles. The number of rotatable bonds is 4. The average molecular weight is 355 g/mol. The van der Waals surface area contributed by atoms with Crippen LogP contribution in [0.1, 0.15) is 36.8 Å². The third kappa shape index (κ3) is 3.32. The molecule has 1 saturated heterocycles. The molecule has 2 N–H and O–H groups in total. The summed E-state index contributed by atoms with van der Waals surface area (Å²) in [5.41, 5.74) is 8.89. The van der Waals surface area contributed by atoms with Crippen LogP contribution in [0.2, 0.25) is 0 Å². The van der Waals surface area contributed by atoms with Crippen LogP contribution >= 0.6 is 7.59 Å². The minimum absolute atomic E-state index is 0.300. The van der Waals surface area contributed by atoms with Gasteiger partial charge in [-0.3, -0.25) is 10.1 Å². The van der Waals surface area contributed by atoms with E-state index in [9.17, 15) is 4.57 Å². The van der Waals surface area contributed by atoms with E-state index in [1.807, 2.05) is 36.4 Å². The van der Waals surface area contributed by atoms with Crippen molar-refractivity contribution in [2.75, 3.05) is 0 Å². The van der Waals surface area contributed by atoms with Crippen molar-refractivity contribution in [3.8, 4) is 0 Å². The van der Waals surface area contributed by atoms with E-state index in [0.29, 0.717) is 25.2 Å². The van der Waals surface area contributed by atoms with Crippen LogP contribution in [-0.2, 0) is 17.7 Å². The van der Waals surface area contributed by atoms with Gasteiger partial charge in [0, 0.05) is 25.2 Å². The first kappa shape index (κ1) is 17.0. The van der Waals surface area contributed by atoms with Gasteiger partial charge in [-0.25, -0.2) is 9.34 Å². The lowest BCUT2D eigenvalue weighted by atomic mass is 9.90. The molecule has 4 rings (SSSR count). The Bertz CT molecular complexity index is 691. The maximum atomic E-state index is 13.7. The molecular formula is C20H26N3OP. The van der Waals surface area contributed by atoms with Crippen LogP contribution in [-0.4, -0.2) is 21.4 Å². The number of nitrogens with zero attached hydrogens (tertiary/aromatic N) is 2. The average Bonchev–Trinajstić information content (AvgIpc) is 2.85. The van der Waals surface area contributed by atoms with Crippen molar-refractivity contribution in [3.05, 3.63) is 71.8 Å². The summed E-state index contributed by atoms with van der Waals surface area (Å²) in [5, 5.41) is 0. The van der Waals surface area contributed by atoms with Gasteiger partial charge in [0.05, 0.1) is 0 Å². The highest BCUT2D eigenvalue weighted by Crippen LogP contribution is 2.59. The summed E-state index contributed by atoms with van der Waals surface area (Å²) in [6.45, 7) is 1.34. The Morgan fingerprint density at radius 3 is 1.60 bits per heavy atom. The first-order valence-electron chi connectivity index (χ1n) is 9.17. The highest BCUT2D eigenvalue weighted by Gasteiger charge is 2.52. The van der Waals surface area contributed by atoms with Crippen LogP contribution < -0.4 is 5.50 Å². The quantitative estimate of drug-likeness (QED) is 0.827. The van der Waals surface area contributed by atoms with Crippen molar-refractivity contribution in [2.45, 2.75) is 50.9 Å². The molecule has 132 valence electrons. The minimum Gasteiger partial charge on any atom is -0.271 e. The van der Waals surface area contributed by atoms with Crippen molar-refractivity contribution < 1.29 is 4.57 Å². The molecule has 2 unspecified atom stereocenters. The van der Waals surface area contributed by atoms with E-state index in [1.54, 1.807) is 0 Å². The Morgan fingerprint density at radius 2 is 1.20 bits per heavy atom. The molecule has 5 heteroatoms. The van der Waals surface area contributed by atoms with E-state index in [2.05, 4.69) is 33.6 Å². The fraction of sp³-hybridized carbons (Fsp3) is 0.400. The molecule has 1 aliphatic carbocycles. The molecule has 2 aromatic rings. The highest BCUT2D eigenvalue weighted by molar-refractivity contribution is 7.56. The minimum atomic E-state index is -3.03. The van der Waals surface area contributed by atoms with Gasteiger partial charge in [0.2, 0.25) is 0 Å². The Balaban J connectivity index is 1.64. The number of nitrogens with two attached hydrogens (primary N) is 1. The summed E-state index contributed by atoms with van der Waals surface area (Å²) >= 11 is 0. The molecule has 2 aromatic carbocycles. The number of hydrogen-bond acceptors (Lipinski definition) is 1. The largest absolute Gasteiger partial charge is 0.282 e. The van der Waals surface area contributed by atoms with Crippen molar-refractivity contribution in [3.63, 3.8) is 0 Å². The van der Waals surface area contributed by atoms with Gasteiger partial charge in [-0.1, -0.05) is 73.5 Å². The molecule has 1 aliphatic heterocycles. The van der Waals surface area contributed by atoms with Gasteiger partial charge in [-0.2, -0.15) is 0 Å². The van der Waals surface area contributed by atoms with Crippen molar-refractivity contribution in [1.29, 1.82) is 0 Å². The van der Waals surface area contributed by atoms with Gasteiger partial charge < -0.3 is 0 Å². The van der Waals surface area contributed by atoms with E-state index >= 15 is 0 Å². The van der Waals surface area contributed by atoms with E-state index in [0.717, 1.165) is 12.8 Å². The third-order valence-electron chi connectivity index (χ3n) is 5.57. The first-order valence-corrected chi connectivity index (χ1v) is 10.8. The van der Waals surface area contributed by atoms with E-state index < -0.39 is 7.59 Å². The molecule has 0 radical (unpaired) electrons. The Kier molecular flexibility index (Phi) is 4.79. The van der Waals surface area contributed by atoms with Crippen LogP contribution in [0.3, 0.4) is 0 Å². The Labute approximate surface area is 150 Å². The molecule has 2 atom stereocenters. The molecule has 2 aliphatic rings. The van der Waals surface area contributed by atoms with Crippen LogP contribution in [0.4, 0.5) is 0 Å². The third-order valence-corrected chi connectivity index (χ3v) is 7.92. The fourth-order valence-corrected chi connectivity index (χ4v) is 6.75. The van der Waals surface area contributed by atoms with Crippen molar-refractivity contribution >= 4 is 7.59 Å². The summed E-state index contributed by atoms with van der Waals surface area (Å²) in [4.78, 5) is 0. The molecular weight excluding hydrogens is 329 g/mol. The molecule has 0 bridgehead atoms. The van der Waals surface area contributed by atoms with E-state index in [1.165, 1.54) is 24.0 Å². The number of fused-ring (bicyclic) bond motifs is 1. The second-order valence-corrected chi connectivity index (χ2v) is 9.38. The van der Waals surface area contributed by atoms with Gasteiger partial charge in [-0.15, -0.1) is 0 Å². The van der Waals surface area contributed by atoms with Crippen LogP contribution in [0, 0.1) is 0 Å². The molecule has 0 amide bonds. The van der Waals surface area contributed by atoms with Gasteiger partial charge in [-0.05, 0) is 24.0 Å². The SMILES string of the molecule is NP1(=O)N(Cc2ccccc2)C2CCCCC2N1Cc1ccccc1. The smallest absolute Gasteiger partial charge is 0.271 e. The summed E-state index contributed by atoms with van der Waals surface area (Å²) in [6.07, 6.45) is 4.57. The predicted molar refractivity (Wildman–Crippen MR) is 102 cm³/mol.